The third kappa shape index (κ3) is 35.1. The summed E-state index contributed by atoms with van der Waals surface area (Å²) >= 11 is 0. The van der Waals surface area contributed by atoms with Gasteiger partial charge in [0.2, 0.25) is 5.91 Å². The Kier molecular flexibility index (Phi) is 38.7. The van der Waals surface area contributed by atoms with Gasteiger partial charge in [-0.25, -0.2) is 0 Å². The van der Waals surface area contributed by atoms with Crippen molar-refractivity contribution in [3.05, 3.63) is 0 Å². The Morgan fingerprint density at radius 3 is 1.27 bits per heavy atom. The van der Waals surface area contributed by atoms with Crippen LogP contribution in [0.5, 0.6) is 0 Å². The zero-order valence-corrected chi connectivity index (χ0v) is 33.4. The van der Waals surface area contributed by atoms with Crippen LogP contribution >= 0.6 is 0 Å². The topological polar surface area (TPSA) is 70.1 Å². The first kappa shape index (κ1) is 47.9. The lowest BCUT2D eigenvalue weighted by Crippen LogP contribution is -2.32. The Hall–Kier alpha value is -1.14. The van der Waals surface area contributed by atoms with E-state index >= 15 is 0 Å². The molecular weight excluding hydrogens is 608 g/mol. The average molecular weight is 695 g/mol. The largest absolute Gasteiger partial charge is 0.466 e. The maximum atomic E-state index is 13.1. The molecule has 0 bridgehead atoms. The Morgan fingerprint density at radius 1 is 0.429 bits per heavy atom. The van der Waals surface area contributed by atoms with Crippen molar-refractivity contribution in [3.63, 3.8) is 0 Å². The minimum atomic E-state index is -0.0446. The number of aliphatic hydroxyl groups excluding tert-OH is 1. The molecule has 0 saturated heterocycles. The Morgan fingerprint density at radius 2 is 0.796 bits per heavy atom. The van der Waals surface area contributed by atoms with Gasteiger partial charge < -0.3 is 19.6 Å². The van der Waals surface area contributed by atoms with E-state index in [-0.39, 0.29) is 12.6 Å². The fourth-order valence-corrected chi connectivity index (χ4v) is 6.76. The summed E-state index contributed by atoms with van der Waals surface area (Å²) in [5, 5.41) is 9.54. The molecule has 0 atom stereocenters. The molecule has 1 N–H and O–H groups in total. The molecule has 0 aromatic heterocycles. The fraction of sp³-hybridized carbons (Fsp3) is 0.953. The molecule has 292 valence electrons. The second-order valence-electron chi connectivity index (χ2n) is 14.9. The van der Waals surface area contributed by atoms with Crippen LogP contribution in [0.3, 0.4) is 0 Å². The van der Waals surface area contributed by atoms with Crippen molar-refractivity contribution in [3.8, 4) is 0 Å². The molecule has 0 heterocycles. The SMILES string of the molecule is CCCCCCCCCCCOC(=O)CCCCCN(CCO)CCCCCCCC(=O)N(CCCCCCCC)CCCCCCCC. The van der Waals surface area contributed by atoms with Gasteiger partial charge in [-0.15, -0.1) is 0 Å². The lowest BCUT2D eigenvalue weighted by Gasteiger charge is -2.23. The molecule has 0 saturated carbocycles. The number of esters is 1. The zero-order chi connectivity index (χ0) is 35.9. The zero-order valence-electron chi connectivity index (χ0n) is 33.4. The molecule has 0 aromatic carbocycles. The van der Waals surface area contributed by atoms with Gasteiger partial charge in [0, 0.05) is 32.5 Å². The highest BCUT2D eigenvalue weighted by molar-refractivity contribution is 5.76. The van der Waals surface area contributed by atoms with Crippen molar-refractivity contribution in [2.45, 2.75) is 220 Å². The second-order valence-corrected chi connectivity index (χ2v) is 14.9. The lowest BCUT2D eigenvalue weighted by molar-refractivity contribution is -0.144. The summed E-state index contributed by atoms with van der Waals surface area (Å²) in [5.74, 6) is 0.333. The standard InChI is InChI=1S/C43H86N2O4/c1-4-7-10-13-16-17-18-24-32-41-49-43(48)34-27-25-29-36-44(39-40-46)35-28-21-19-20-26-33-42(47)45(37-30-22-14-11-8-5-2)38-31-23-15-12-9-6-3/h46H,4-41H2,1-3H3. The van der Waals surface area contributed by atoms with Crippen LogP contribution in [0.1, 0.15) is 220 Å². The van der Waals surface area contributed by atoms with Crippen molar-refractivity contribution in [1.82, 2.24) is 9.80 Å². The Balaban J connectivity index is 3.99. The number of hydrogen-bond donors (Lipinski definition) is 1. The summed E-state index contributed by atoms with van der Waals surface area (Å²) in [4.78, 5) is 29.7. The average Bonchev–Trinajstić information content (AvgIpc) is 3.10. The molecule has 0 radical (unpaired) electrons. The van der Waals surface area contributed by atoms with Crippen LogP contribution in [0.4, 0.5) is 0 Å². The van der Waals surface area contributed by atoms with E-state index in [2.05, 4.69) is 30.6 Å². The molecule has 6 nitrogen and oxygen atoms in total. The van der Waals surface area contributed by atoms with Crippen LogP contribution in [0.15, 0.2) is 0 Å². The molecule has 6 heteroatoms. The van der Waals surface area contributed by atoms with E-state index in [1.165, 1.54) is 128 Å². The van der Waals surface area contributed by atoms with Crippen LogP contribution in [0, 0.1) is 0 Å². The minimum Gasteiger partial charge on any atom is -0.466 e. The van der Waals surface area contributed by atoms with E-state index in [0.29, 0.717) is 25.4 Å². The van der Waals surface area contributed by atoms with E-state index in [9.17, 15) is 14.7 Å². The van der Waals surface area contributed by atoms with Gasteiger partial charge in [0.05, 0.1) is 13.2 Å². The third-order valence-electron chi connectivity index (χ3n) is 10.1. The van der Waals surface area contributed by atoms with E-state index in [1.807, 2.05) is 0 Å². The monoisotopic (exact) mass is 695 g/mol. The summed E-state index contributed by atoms with van der Waals surface area (Å²) in [6.45, 7) is 12.2. The van der Waals surface area contributed by atoms with Crippen LogP contribution in [-0.2, 0) is 14.3 Å². The first-order valence-corrected chi connectivity index (χ1v) is 21.9. The van der Waals surface area contributed by atoms with Crippen LogP contribution in [-0.4, -0.2) is 72.7 Å². The van der Waals surface area contributed by atoms with Crippen LogP contribution in [0.2, 0.25) is 0 Å². The molecule has 0 aromatic rings. The number of amides is 1. The van der Waals surface area contributed by atoms with Crippen molar-refractivity contribution in [1.29, 1.82) is 0 Å². The number of unbranched alkanes of at least 4 members (excludes halogenated alkanes) is 24. The second kappa shape index (κ2) is 39.6. The smallest absolute Gasteiger partial charge is 0.305 e. The highest BCUT2D eigenvalue weighted by Gasteiger charge is 2.13. The van der Waals surface area contributed by atoms with E-state index < -0.39 is 0 Å². The van der Waals surface area contributed by atoms with Crippen molar-refractivity contribution < 1.29 is 19.4 Å². The highest BCUT2D eigenvalue weighted by atomic mass is 16.5. The molecular formula is C43H86N2O4. The first-order chi connectivity index (χ1) is 24.1. The van der Waals surface area contributed by atoms with Gasteiger partial charge in [-0.2, -0.15) is 0 Å². The number of aliphatic hydroxyl groups is 1. The molecule has 1 amide bonds. The predicted octanol–water partition coefficient (Wildman–Crippen LogP) is 11.8. The van der Waals surface area contributed by atoms with Gasteiger partial charge >= 0.3 is 5.97 Å². The van der Waals surface area contributed by atoms with Crippen molar-refractivity contribution >= 4 is 11.9 Å². The number of ether oxygens (including phenoxy) is 1. The molecule has 0 aliphatic carbocycles. The number of rotatable bonds is 40. The predicted molar refractivity (Wildman–Crippen MR) is 211 cm³/mol. The number of carbonyl (C=O) groups excluding carboxylic acids is 2. The minimum absolute atomic E-state index is 0.0446. The lowest BCUT2D eigenvalue weighted by atomic mass is 10.1. The summed E-state index contributed by atoms with van der Waals surface area (Å²) in [6.07, 6.45) is 36.6. The molecule has 0 aliphatic heterocycles. The van der Waals surface area contributed by atoms with Crippen LogP contribution < -0.4 is 0 Å². The van der Waals surface area contributed by atoms with E-state index in [1.54, 1.807) is 0 Å². The molecule has 0 spiro atoms. The van der Waals surface area contributed by atoms with Gasteiger partial charge in [0.15, 0.2) is 0 Å². The number of hydrogen-bond acceptors (Lipinski definition) is 5. The van der Waals surface area contributed by atoms with Crippen molar-refractivity contribution in [2.24, 2.45) is 0 Å². The normalized spacial score (nSPS) is 11.4. The molecule has 0 unspecified atom stereocenters. The van der Waals surface area contributed by atoms with Gasteiger partial charge in [0.1, 0.15) is 0 Å². The summed E-state index contributed by atoms with van der Waals surface area (Å²) in [5.41, 5.74) is 0. The molecule has 0 fully saturated rings. The highest BCUT2D eigenvalue weighted by Crippen LogP contribution is 2.14. The van der Waals surface area contributed by atoms with Gasteiger partial charge in [-0.3, -0.25) is 9.59 Å². The first-order valence-electron chi connectivity index (χ1n) is 21.9. The molecule has 0 aliphatic rings. The molecule has 0 rings (SSSR count). The van der Waals surface area contributed by atoms with E-state index in [4.69, 9.17) is 4.74 Å². The van der Waals surface area contributed by atoms with Crippen molar-refractivity contribution in [2.75, 3.05) is 45.9 Å². The number of carbonyl (C=O) groups is 2. The van der Waals surface area contributed by atoms with Crippen LogP contribution in [0.25, 0.3) is 0 Å². The summed E-state index contributed by atoms with van der Waals surface area (Å²) in [6, 6.07) is 0. The van der Waals surface area contributed by atoms with Gasteiger partial charge in [-0.05, 0) is 58.0 Å². The third-order valence-corrected chi connectivity index (χ3v) is 10.1. The van der Waals surface area contributed by atoms with E-state index in [0.717, 1.165) is 90.5 Å². The maximum absolute atomic E-state index is 13.1. The van der Waals surface area contributed by atoms with Gasteiger partial charge in [0.25, 0.3) is 0 Å². The fourth-order valence-electron chi connectivity index (χ4n) is 6.76. The van der Waals surface area contributed by atoms with Gasteiger partial charge in [-0.1, -0.05) is 162 Å². The summed E-state index contributed by atoms with van der Waals surface area (Å²) < 4.78 is 5.44. The summed E-state index contributed by atoms with van der Waals surface area (Å²) in [7, 11) is 0. The maximum Gasteiger partial charge on any atom is 0.305 e. The Bertz CT molecular complexity index is 673. The number of nitrogens with zero attached hydrogens (tertiary/aromatic N) is 2. The Labute approximate surface area is 306 Å². The quantitative estimate of drug-likeness (QED) is 0.0511. The molecule has 49 heavy (non-hydrogen) atoms.